The van der Waals surface area contributed by atoms with Crippen LogP contribution >= 0.6 is 11.8 Å². The molecule has 3 fully saturated rings. The number of thioether (sulfide) groups is 1. The van der Waals surface area contributed by atoms with Gasteiger partial charge in [0.25, 0.3) is 0 Å². The van der Waals surface area contributed by atoms with Crippen LogP contribution in [-0.4, -0.2) is 71.9 Å². The second-order valence-electron chi connectivity index (χ2n) is 6.23. The summed E-state index contributed by atoms with van der Waals surface area (Å²) in [7, 11) is 0. The van der Waals surface area contributed by atoms with Gasteiger partial charge in [-0.25, -0.2) is 0 Å². The first-order valence-electron chi connectivity index (χ1n) is 8.12. The van der Waals surface area contributed by atoms with Crippen LogP contribution in [0.15, 0.2) is 0 Å². The predicted molar refractivity (Wildman–Crippen MR) is 84.2 cm³/mol. The summed E-state index contributed by atoms with van der Waals surface area (Å²) in [5, 5.41) is 3.12. The lowest BCUT2D eigenvalue weighted by atomic mass is 9.97. The lowest BCUT2D eigenvalue weighted by Crippen LogP contribution is -2.58. The minimum absolute atomic E-state index is 0.189. The summed E-state index contributed by atoms with van der Waals surface area (Å²) in [6.45, 7) is 3.72. The van der Waals surface area contributed by atoms with Crippen LogP contribution in [0.5, 0.6) is 0 Å². The molecule has 0 saturated carbocycles. The zero-order valence-corrected chi connectivity index (χ0v) is 13.4. The van der Waals surface area contributed by atoms with Gasteiger partial charge < -0.3 is 15.1 Å². The number of piperidine rings is 1. The van der Waals surface area contributed by atoms with E-state index >= 15 is 0 Å². The highest BCUT2D eigenvalue weighted by Crippen LogP contribution is 2.26. The summed E-state index contributed by atoms with van der Waals surface area (Å²) in [5.41, 5.74) is 0. The van der Waals surface area contributed by atoms with Crippen LogP contribution in [0, 0.1) is 5.92 Å². The molecular formula is C15H25N3O2S. The van der Waals surface area contributed by atoms with E-state index in [2.05, 4.69) is 5.32 Å². The molecular weight excluding hydrogens is 286 g/mol. The molecule has 0 aromatic heterocycles. The van der Waals surface area contributed by atoms with E-state index in [0.29, 0.717) is 12.5 Å². The van der Waals surface area contributed by atoms with Gasteiger partial charge in [0.15, 0.2) is 0 Å². The van der Waals surface area contributed by atoms with Gasteiger partial charge in [-0.1, -0.05) is 0 Å². The quantitative estimate of drug-likeness (QED) is 0.809. The highest BCUT2D eigenvalue weighted by molar-refractivity contribution is 7.99. The van der Waals surface area contributed by atoms with E-state index in [1.807, 2.05) is 21.6 Å². The molecule has 3 heterocycles. The number of nitrogens with one attached hydrogen (secondary N) is 1. The number of carbonyl (C=O) groups excluding carboxylic acids is 2. The van der Waals surface area contributed by atoms with Crippen LogP contribution in [0.25, 0.3) is 0 Å². The summed E-state index contributed by atoms with van der Waals surface area (Å²) in [5.74, 6) is 2.98. The van der Waals surface area contributed by atoms with Crippen molar-refractivity contribution in [1.82, 2.24) is 15.1 Å². The molecule has 0 spiro atoms. The molecule has 3 rings (SSSR count). The smallest absolute Gasteiger partial charge is 0.236 e. The molecule has 118 valence electrons. The third-order valence-corrected chi connectivity index (χ3v) is 5.89. The average Bonchev–Trinajstić information content (AvgIpc) is 2.55. The average molecular weight is 311 g/mol. The zero-order valence-electron chi connectivity index (χ0n) is 12.6. The van der Waals surface area contributed by atoms with E-state index in [4.69, 9.17) is 0 Å². The maximum absolute atomic E-state index is 12.7. The van der Waals surface area contributed by atoms with Crippen molar-refractivity contribution in [2.45, 2.75) is 31.7 Å². The van der Waals surface area contributed by atoms with E-state index in [1.165, 1.54) is 0 Å². The molecule has 1 N–H and O–H groups in total. The largest absolute Gasteiger partial charge is 0.340 e. The Morgan fingerprint density at radius 1 is 1.19 bits per heavy atom. The van der Waals surface area contributed by atoms with Gasteiger partial charge in [0.05, 0.1) is 6.54 Å². The highest BCUT2D eigenvalue weighted by Gasteiger charge is 2.34. The molecule has 3 aliphatic heterocycles. The predicted octanol–water partition coefficient (Wildman–Crippen LogP) is 0.552. The van der Waals surface area contributed by atoms with Gasteiger partial charge in [-0.05, 0) is 37.2 Å². The Morgan fingerprint density at radius 3 is 2.76 bits per heavy atom. The van der Waals surface area contributed by atoms with Crippen molar-refractivity contribution >= 4 is 23.6 Å². The minimum atomic E-state index is 0.189. The van der Waals surface area contributed by atoms with Gasteiger partial charge in [0.2, 0.25) is 11.8 Å². The van der Waals surface area contributed by atoms with Crippen molar-refractivity contribution in [2.24, 2.45) is 5.92 Å². The first-order valence-corrected chi connectivity index (χ1v) is 9.28. The Bertz CT molecular complexity index is 398. The molecule has 5 nitrogen and oxygen atoms in total. The van der Waals surface area contributed by atoms with Crippen LogP contribution in [0.1, 0.15) is 25.7 Å². The van der Waals surface area contributed by atoms with Crippen molar-refractivity contribution in [3.05, 3.63) is 0 Å². The molecule has 6 heteroatoms. The highest BCUT2D eigenvalue weighted by atomic mass is 32.2. The normalized spacial score (nSPS) is 28.8. The van der Waals surface area contributed by atoms with Crippen LogP contribution in [0.3, 0.4) is 0 Å². The monoisotopic (exact) mass is 311 g/mol. The molecule has 0 radical (unpaired) electrons. The summed E-state index contributed by atoms with van der Waals surface area (Å²) in [6, 6.07) is 0.232. The summed E-state index contributed by atoms with van der Waals surface area (Å²) < 4.78 is 0. The fourth-order valence-corrected chi connectivity index (χ4v) is 4.73. The Hall–Kier alpha value is -0.750. The molecule has 0 aromatic carbocycles. The number of likely N-dealkylation sites (tertiary alicyclic amines) is 1. The second-order valence-corrected chi connectivity index (χ2v) is 7.46. The summed E-state index contributed by atoms with van der Waals surface area (Å²) >= 11 is 1.96. The third kappa shape index (κ3) is 3.54. The summed E-state index contributed by atoms with van der Waals surface area (Å²) in [4.78, 5) is 28.7. The number of rotatable bonds is 2. The van der Waals surface area contributed by atoms with Crippen molar-refractivity contribution in [1.29, 1.82) is 0 Å². The van der Waals surface area contributed by atoms with Crippen molar-refractivity contribution in [3.8, 4) is 0 Å². The maximum Gasteiger partial charge on any atom is 0.236 e. The number of nitrogens with zero attached hydrogens (tertiary/aromatic N) is 2. The van der Waals surface area contributed by atoms with E-state index in [-0.39, 0.29) is 17.9 Å². The van der Waals surface area contributed by atoms with E-state index in [0.717, 1.165) is 63.4 Å². The molecule has 21 heavy (non-hydrogen) atoms. The van der Waals surface area contributed by atoms with Crippen molar-refractivity contribution < 1.29 is 9.59 Å². The van der Waals surface area contributed by atoms with Crippen molar-refractivity contribution in [2.75, 3.05) is 44.2 Å². The first-order chi connectivity index (χ1) is 10.3. The lowest BCUT2D eigenvalue weighted by molar-refractivity contribution is -0.142. The molecule has 3 saturated heterocycles. The molecule has 1 unspecified atom stereocenters. The molecule has 0 aromatic rings. The first kappa shape index (κ1) is 15.2. The van der Waals surface area contributed by atoms with E-state index < -0.39 is 0 Å². The topological polar surface area (TPSA) is 52.7 Å². The third-order valence-electron chi connectivity index (χ3n) is 4.85. The molecule has 0 bridgehead atoms. The van der Waals surface area contributed by atoms with Crippen LogP contribution in [0.2, 0.25) is 0 Å². The maximum atomic E-state index is 12.7. The zero-order chi connectivity index (χ0) is 14.7. The van der Waals surface area contributed by atoms with Gasteiger partial charge in [-0.2, -0.15) is 11.8 Å². The van der Waals surface area contributed by atoms with Crippen LogP contribution < -0.4 is 5.32 Å². The Balaban J connectivity index is 1.59. The number of piperazine rings is 1. The van der Waals surface area contributed by atoms with Gasteiger partial charge in [-0.15, -0.1) is 0 Å². The Morgan fingerprint density at radius 2 is 2.00 bits per heavy atom. The number of hydrogen-bond acceptors (Lipinski definition) is 4. The van der Waals surface area contributed by atoms with Gasteiger partial charge in [-0.3, -0.25) is 9.59 Å². The Kier molecular flexibility index (Phi) is 5.06. The molecule has 2 amide bonds. The second kappa shape index (κ2) is 7.01. The fourth-order valence-electron chi connectivity index (χ4n) is 3.62. The van der Waals surface area contributed by atoms with Gasteiger partial charge in [0, 0.05) is 38.1 Å². The van der Waals surface area contributed by atoms with Gasteiger partial charge >= 0.3 is 0 Å². The van der Waals surface area contributed by atoms with E-state index in [1.54, 1.807) is 0 Å². The number of amides is 2. The number of hydrogen-bond donors (Lipinski definition) is 1. The number of carbonyl (C=O) groups is 2. The van der Waals surface area contributed by atoms with Crippen LogP contribution in [0.4, 0.5) is 0 Å². The molecule has 3 aliphatic rings. The van der Waals surface area contributed by atoms with E-state index in [9.17, 15) is 9.59 Å². The minimum Gasteiger partial charge on any atom is -0.340 e. The van der Waals surface area contributed by atoms with Crippen LogP contribution in [-0.2, 0) is 9.59 Å². The fraction of sp³-hybridized carbons (Fsp3) is 0.867. The standard InChI is InChI=1S/C15H25N3O2S/c19-14-10-16-5-7-18(14)13-2-1-6-17(11-13)15(20)12-3-8-21-9-4-12/h12-13,16H,1-11H2. The Labute approximate surface area is 130 Å². The van der Waals surface area contributed by atoms with Gasteiger partial charge in [0.1, 0.15) is 0 Å². The molecule has 1 atom stereocenters. The lowest BCUT2D eigenvalue weighted by Gasteiger charge is -2.42. The molecule has 0 aliphatic carbocycles. The SMILES string of the molecule is O=C(C1CCSCC1)N1CCCC(N2CCNCC2=O)C1. The van der Waals surface area contributed by atoms with Crippen molar-refractivity contribution in [3.63, 3.8) is 0 Å². The summed E-state index contributed by atoms with van der Waals surface area (Å²) in [6.07, 6.45) is 4.11.